The largest absolute Gasteiger partial charge is 0.494 e. The van der Waals surface area contributed by atoms with Crippen molar-refractivity contribution in [1.82, 2.24) is 5.32 Å². The van der Waals surface area contributed by atoms with Gasteiger partial charge in [0.15, 0.2) is 16.7 Å². The van der Waals surface area contributed by atoms with Crippen LogP contribution in [0.2, 0.25) is 0 Å². The van der Waals surface area contributed by atoms with Gasteiger partial charge in [0.2, 0.25) is 0 Å². The normalized spacial score (nSPS) is 11.6. The first-order chi connectivity index (χ1) is 10.5. The summed E-state index contributed by atoms with van der Waals surface area (Å²) in [5.74, 6) is -0.162. The Hall–Kier alpha value is -1.66. The van der Waals surface area contributed by atoms with Crippen molar-refractivity contribution < 1.29 is 9.13 Å². The fourth-order valence-corrected chi connectivity index (χ4v) is 2.66. The highest BCUT2D eigenvalue weighted by Crippen LogP contribution is 2.22. The van der Waals surface area contributed by atoms with Gasteiger partial charge in [-0.2, -0.15) is 0 Å². The fraction of sp³-hybridized carbons (Fsp3) is 0.188. The number of rotatable bonds is 4. The molecule has 22 heavy (non-hydrogen) atoms. The van der Waals surface area contributed by atoms with Crippen LogP contribution in [0.1, 0.15) is 18.5 Å². The molecule has 2 aromatic carbocycles. The maximum absolute atomic E-state index is 13.7. The smallest absolute Gasteiger partial charge is 0.171 e. The van der Waals surface area contributed by atoms with Gasteiger partial charge in [-0.05, 0) is 55.0 Å². The molecule has 0 aliphatic rings. The summed E-state index contributed by atoms with van der Waals surface area (Å²) in [5, 5.41) is 6.69. The third kappa shape index (κ3) is 4.42. The maximum Gasteiger partial charge on any atom is 0.171 e. The maximum atomic E-state index is 13.7. The van der Waals surface area contributed by atoms with E-state index in [1.165, 1.54) is 13.2 Å². The Morgan fingerprint density at radius 1 is 1.27 bits per heavy atom. The van der Waals surface area contributed by atoms with Crippen molar-refractivity contribution in [2.75, 3.05) is 12.4 Å². The van der Waals surface area contributed by atoms with Crippen LogP contribution in [0.25, 0.3) is 0 Å². The third-order valence-corrected chi connectivity index (χ3v) is 3.82. The first-order valence-corrected chi connectivity index (χ1v) is 7.86. The molecule has 0 bridgehead atoms. The lowest BCUT2D eigenvalue weighted by atomic mass is 10.1. The molecule has 2 aromatic rings. The molecular formula is C16H16BrFN2OS. The molecule has 0 spiro atoms. The van der Waals surface area contributed by atoms with Crippen LogP contribution in [0, 0.1) is 5.82 Å². The van der Waals surface area contributed by atoms with Crippen LogP contribution in [0.15, 0.2) is 46.9 Å². The standard InChI is InChI=1S/C16H16BrFN2OS/c1-10(11-6-7-15(21-2)14(18)8-11)19-16(22)20-13-5-3-4-12(17)9-13/h3-10H,1-2H3,(H2,19,20,22)/t10-/m0/s1. The molecule has 0 heterocycles. The summed E-state index contributed by atoms with van der Waals surface area (Å²) in [6, 6.07) is 12.4. The van der Waals surface area contributed by atoms with Crippen LogP contribution in [-0.2, 0) is 0 Å². The van der Waals surface area contributed by atoms with Gasteiger partial charge in [0.1, 0.15) is 0 Å². The monoisotopic (exact) mass is 382 g/mol. The van der Waals surface area contributed by atoms with E-state index in [0.717, 1.165) is 15.7 Å². The average Bonchev–Trinajstić information content (AvgIpc) is 2.46. The van der Waals surface area contributed by atoms with Gasteiger partial charge in [-0.1, -0.05) is 28.1 Å². The molecule has 0 radical (unpaired) electrons. The summed E-state index contributed by atoms with van der Waals surface area (Å²) in [6.45, 7) is 1.91. The molecule has 2 rings (SSSR count). The van der Waals surface area contributed by atoms with Crippen LogP contribution in [0.3, 0.4) is 0 Å². The Bertz CT molecular complexity index is 681. The van der Waals surface area contributed by atoms with E-state index in [4.69, 9.17) is 17.0 Å². The Morgan fingerprint density at radius 3 is 2.68 bits per heavy atom. The molecule has 0 unspecified atom stereocenters. The van der Waals surface area contributed by atoms with Crippen molar-refractivity contribution in [3.05, 3.63) is 58.3 Å². The van der Waals surface area contributed by atoms with Crippen LogP contribution in [0.5, 0.6) is 5.75 Å². The van der Waals surface area contributed by atoms with E-state index in [2.05, 4.69) is 26.6 Å². The summed E-state index contributed by atoms with van der Waals surface area (Å²) in [4.78, 5) is 0. The molecule has 0 aliphatic heterocycles. The van der Waals surface area contributed by atoms with Crippen molar-refractivity contribution in [1.29, 1.82) is 0 Å². The molecule has 6 heteroatoms. The van der Waals surface area contributed by atoms with Crippen LogP contribution in [0.4, 0.5) is 10.1 Å². The number of nitrogens with one attached hydrogen (secondary N) is 2. The van der Waals surface area contributed by atoms with Gasteiger partial charge in [0.05, 0.1) is 13.2 Å². The average molecular weight is 383 g/mol. The van der Waals surface area contributed by atoms with E-state index in [1.807, 2.05) is 31.2 Å². The zero-order chi connectivity index (χ0) is 16.1. The van der Waals surface area contributed by atoms with Gasteiger partial charge >= 0.3 is 0 Å². The van der Waals surface area contributed by atoms with Crippen molar-refractivity contribution in [2.24, 2.45) is 0 Å². The van der Waals surface area contributed by atoms with E-state index in [-0.39, 0.29) is 17.6 Å². The van der Waals surface area contributed by atoms with E-state index >= 15 is 0 Å². The van der Waals surface area contributed by atoms with Crippen LogP contribution < -0.4 is 15.4 Å². The zero-order valence-corrected chi connectivity index (χ0v) is 14.6. The zero-order valence-electron chi connectivity index (χ0n) is 12.2. The Kier molecular flexibility index (Phi) is 5.74. The van der Waals surface area contributed by atoms with Gasteiger partial charge < -0.3 is 15.4 Å². The van der Waals surface area contributed by atoms with E-state index < -0.39 is 0 Å². The van der Waals surface area contributed by atoms with Gasteiger partial charge in [0, 0.05) is 10.2 Å². The molecule has 1 atom stereocenters. The number of halogens is 2. The minimum Gasteiger partial charge on any atom is -0.494 e. The Balaban J connectivity index is 2.00. The Labute approximate surface area is 143 Å². The van der Waals surface area contributed by atoms with Crippen molar-refractivity contribution in [3.8, 4) is 5.75 Å². The van der Waals surface area contributed by atoms with Gasteiger partial charge in [-0.15, -0.1) is 0 Å². The van der Waals surface area contributed by atoms with E-state index in [9.17, 15) is 4.39 Å². The molecule has 116 valence electrons. The van der Waals surface area contributed by atoms with Crippen LogP contribution in [-0.4, -0.2) is 12.2 Å². The van der Waals surface area contributed by atoms with Crippen molar-refractivity contribution in [2.45, 2.75) is 13.0 Å². The number of benzene rings is 2. The van der Waals surface area contributed by atoms with Gasteiger partial charge in [-0.25, -0.2) is 4.39 Å². The first-order valence-electron chi connectivity index (χ1n) is 6.66. The first kappa shape index (κ1) is 16.7. The predicted octanol–water partition coefficient (Wildman–Crippen LogP) is 4.64. The number of thiocarbonyl (C=S) groups is 1. The molecular weight excluding hydrogens is 367 g/mol. The highest BCUT2D eigenvalue weighted by Gasteiger charge is 2.10. The fourth-order valence-electron chi connectivity index (χ4n) is 1.97. The topological polar surface area (TPSA) is 33.3 Å². The summed E-state index contributed by atoms with van der Waals surface area (Å²) in [7, 11) is 1.44. The number of hydrogen-bond donors (Lipinski definition) is 2. The Morgan fingerprint density at radius 2 is 2.05 bits per heavy atom. The molecule has 0 saturated heterocycles. The molecule has 0 amide bonds. The lowest BCUT2D eigenvalue weighted by Gasteiger charge is -2.18. The number of hydrogen-bond acceptors (Lipinski definition) is 2. The third-order valence-electron chi connectivity index (χ3n) is 3.11. The second kappa shape index (κ2) is 7.56. The molecule has 0 aliphatic carbocycles. The molecule has 3 nitrogen and oxygen atoms in total. The molecule has 0 fully saturated rings. The van der Waals surface area contributed by atoms with E-state index in [0.29, 0.717) is 5.11 Å². The summed E-state index contributed by atoms with van der Waals surface area (Å²) in [5.41, 5.74) is 1.66. The lowest BCUT2D eigenvalue weighted by molar-refractivity contribution is 0.386. The van der Waals surface area contributed by atoms with Gasteiger partial charge in [-0.3, -0.25) is 0 Å². The summed E-state index contributed by atoms with van der Waals surface area (Å²) in [6.07, 6.45) is 0. The summed E-state index contributed by atoms with van der Waals surface area (Å²) < 4.78 is 19.6. The number of ether oxygens (including phenoxy) is 1. The summed E-state index contributed by atoms with van der Waals surface area (Å²) >= 11 is 8.68. The minimum atomic E-state index is -0.389. The quantitative estimate of drug-likeness (QED) is 0.754. The highest BCUT2D eigenvalue weighted by molar-refractivity contribution is 9.10. The van der Waals surface area contributed by atoms with Gasteiger partial charge in [0.25, 0.3) is 0 Å². The van der Waals surface area contributed by atoms with Crippen molar-refractivity contribution in [3.63, 3.8) is 0 Å². The minimum absolute atomic E-state index is 0.132. The molecule has 2 N–H and O–H groups in total. The SMILES string of the molecule is COc1ccc([C@H](C)NC(=S)Nc2cccc(Br)c2)cc1F. The number of methoxy groups -OCH3 is 1. The second-order valence-corrected chi connectivity index (χ2v) is 6.05. The lowest BCUT2D eigenvalue weighted by Crippen LogP contribution is -2.30. The van der Waals surface area contributed by atoms with E-state index in [1.54, 1.807) is 12.1 Å². The second-order valence-electron chi connectivity index (χ2n) is 4.72. The molecule has 0 saturated carbocycles. The predicted molar refractivity (Wildman–Crippen MR) is 94.9 cm³/mol. The molecule has 0 aromatic heterocycles. The number of anilines is 1. The van der Waals surface area contributed by atoms with Crippen LogP contribution >= 0.6 is 28.1 Å². The highest BCUT2D eigenvalue weighted by atomic mass is 79.9. The van der Waals surface area contributed by atoms with Crippen molar-refractivity contribution >= 4 is 38.9 Å².